The van der Waals surface area contributed by atoms with E-state index in [1.54, 1.807) is 18.5 Å². The summed E-state index contributed by atoms with van der Waals surface area (Å²) in [4.78, 5) is 12.7. The Bertz CT molecular complexity index is 665. The minimum absolute atomic E-state index is 0.483. The van der Waals surface area contributed by atoms with Crippen molar-refractivity contribution in [2.75, 3.05) is 5.73 Å². The van der Waals surface area contributed by atoms with Crippen molar-refractivity contribution in [1.29, 1.82) is 0 Å². The Morgan fingerprint density at radius 3 is 2.41 bits per heavy atom. The molecule has 0 unspecified atom stereocenters. The van der Waals surface area contributed by atoms with E-state index in [4.69, 9.17) is 5.73 Å². The van der Waals surface area contributed by atoms with Gasteiger partial charge in [-0.15, -0.1) is 0 Å². The second-order valence-electron chi connectivity index (χ2n) is 3.72. The van der Waals surface area contributed by atoms with Crippen LogP contribution in [0.1, 0.15) is 0 Å². The van der Waals surface area contributed by atoms with Crippen LogP contribution in [0.25, 0.3) is 22.3 Å². The summed E-state index contributed by atoms with van der Waals surface area (Å²) in [6, 6.07) is 11.5. The number of anilines is 1. The Morgan fingerprint density at radius 2 is 1.59 bits per heavy atom. The SMILES string of the molecule is Nc1ccc2ccc(-c3ccncc3)nc2n1. The molecule has 0 aromatic carbocycles. The first kappa shape index (κ1) is 9.72. The van der Waals surface area contributed by atoms with Crippen LogP contribution in [-0.4, -0.2) is 15.0 Å². The van der Waals surface area contributed by atoms with Crippen LogP contribution in [-0.2, 0) is 0 Å². The molecule has 0 aliphatic rings. The third-order valence-corrected chi connectivity index (χ3v) is 2.55. The highest BCUT2D eigenvalue weighted by atomic mass is 14.9. The first-order valence-electron chi connectivity index (χ1n) is 5.26. The molecule has 2 N–H and O–H groups in total. The van der Waals surface area contributed by atoms with Crippen molar-refractivity contribution in [3.05, 3.63) is 48.8 Å². The lowest BCUT2D eigenvalue weighted by Gasteiger charge is -2.02. The number of nitrogens with two attached hydrogens (primary N) is 1. The summed E-state index contributed by atoms with van der Waals surface area (Å²) in [5, 5.41) is 0.983. The normalized spacial score (nSPS) is 10.6. The molecule has 0 saturated heterocycles. The smallest absolute Gasteiger partial charge is 0.162 e. The predicted octanol–water partition coefficient (Wildman–Crippen LogP) is 2.27. The Balaban J connectivity index is 2.19. The van der Waals surface area contributed by atoms with Crippen LogP contribution in [0.4, 0.5) is 5.82 Å². The number of nitrogen functional groups attached to an aromatic ring is 1. The summed E-state index contributed by atoms with van der Waals surface area (Å²) in [5.74, 6) is 0.483. The summed E-state index contributed by atoms with van der Waals surface area (Å²) in [7, 11) is 0. The van der Waals surface area contributed by atoms with Gasteiger partial charge in [-0.05, 0) is 36.4 Å². The minimum atomic E-state index is 0.483. The van der Waals surface area contributed by atoms with E-state index in [2.05, 4.69) is 15.0 Å². The number of hydrogen-bond donors (Lipinski definition) is 1. The van der Waals surface area contributed by atoms with Gasteiger partial charge in [-0.25, -0.2) is 9.97 Å². The van der Waals surface area contributed by atoms with Crippen LogP contribution in [0, 0.1) is 0 Å². The zero-order chi connectivity index (χ0) is 11.7. The second kappa shape index (κ2) is 3.83. The maximum absolute atomic E-state index is 5.65. The van der Waals surface area contributed by atoms with Crippen molar-refractivity contribution >= 4 is 16.9 Å². The summed E-state index contributed by atoms with van der Waals surface area (Å²) in [5.41, 5.74) is 8.21. The van der Waals surface area contributed by atoms with Gasteiger partial charge in [0, 0.05) is 23.3 Å². The molecule has 17 heavy (non-hydrogen) atoms. The number of aromatic nitrogens is 3. The zero-order valence-electron chi connectivity index (χ0n) is 9.04. The van der Waals surface area contributed by atoms with Crippen molar-refractivity contribution in [3.8, 4) is 11.3 Å². The van der Waals surface area contributed by atoms with Crippen LogP contribution < -0.4 is 5.73 Å². The number of hydrogen-bond acceptors (Lipinski definition) is 4. The maximum atomic E-state index is 5.65. The van der Waals surface area contributed by atoms with Gasteiger partial charge in [0.05, 0.1) is 5.69 Å². The van der Waals surface area contributed by atoms with Crippen LogP contribution in [0.3, 0.4) is 0 Å². The molecule has 4 nitrogen and oxygen atoms in total. The van der Waals surface area contributed by atoms with Gasteiger partial charge in [0.25, 0.3) is 0 Å². The van der Waals surface area contributed by atoms with Crippen LogP contribution in [0.2, 0.25) is 0 Å². The molecule has 0 saturated carbocycles. The molecule has 0 aliphatic carbocycles. The summed E-state index contributed by atoms with van der Waals surface area (Å²) >= 11 is 0. The number of fused-ring (bicyclic) bond motifs is 1. The molecule has 4 heteroatoms. The van der Waals surface area contributed by atoms with Crippen molar-refractivity contribution in [2.24, 2.45) is 0 Å². The number of nitrogens with zero attached hydrogens (tertiary/aromatic N) is 3. The van der Waals surface area contributed by atoms with Crippen molar-refractivity contribution in [3.63, 3.8) is 0 Å². The molecule has 0 aliphatic heterocycles. The lowest BCUT2D eigenvalue weighted by Crippen LogP contribution is -1.93. The molecule has 82 valence electrons. The number of pyridine rings is 3. The largest absolute Gasteiger partial charge is 0.384 e. The van der Waals surface area contributed by atoms with Crippen LogP contribution >= 0.6 is 0 Å². The highest BCUT2D eigenvalue weighted by molar-refractivity contribution is 5.79. The van der Waals surface area contributed by atoms with Crippen LogP contribution in [0.5, 0.6) is 0 Å². The fraction of sp³-hybridized carbons (Fsp3) is 0. The highest BCUT2D eigenvalue weighted by Gasteiger charge is 2.02. The predicted molar refractivity (Wildman–Crippen MR) is 67.2 cm³/mol. The minimum Gasteiger partial charge on any atom is -0.384 e. The van der Waals surface area contributed by atoms with Gasteiger partial charge >= 0.3 is 0 Å². The molecule has 0 spiro atoms. The Kier molecular flexibility index (Phi) is 2.19. The summed E-state index contributed by atoms with van der Waals surface area (Å²) in [6.07, 6.45) is 3.49. The third-order valence-electron chi connectivity index (χ3n) is 2.55. The molecule has 0 bridgehead atoms. The van der Waals surface area contributed by atoms with E-state index >= 15 is 0 Å². The quantitative estimate of drug-likeness (QED) is 0.686. The average Bonchev–Trinajstić information content (AvgIpc) is 2.39. The molecule has 0 radical (unpaired) electrons. The second-order valence-corrected chi connectivity index (χ2v) is 3.72. The van der Waals surface area contributed by atoms with Gasteiger partial charge in [0.15, 0.2) is 5.65 Å². The molecule has 3 rings (SSSR count). The first-order valence-corrected chi connectivity index (χ1v) is 5.26. The van der Waals surface area contributed by atoms with Crippen molar-refractivity contribution in [2.45, 2.75) is 0 Å². The van der Waals surface area contributed by atoms with E-state index in [0.717, 1.165) is 16.6 Å². The Hall–Kier alpha value is -2.49. The molecule has 0 fully saturated rings. The van der Waals surface area contributed by atoms with E-state index in [0.29, 0.717) is 11.5 Å². The molecule has 0 atom stereocenters. The molecular weight excluding hydrogens is 212 g/mol. The molecule has 3 aromatic heterocycles. The summed E-state index contributed by atoms with van der Waals surface area (Å²) < 4.78 is 0. The van der Waals surface area contributed by atoms with Crippen molar-refractivity contribution in [1.82, 2.24) is 15.0 Å². The lowest BCUT2D eigenvalue weighted by molar-refractivity contribution is 1.27. The highest BCUT2D eigenvalue weighted by Crippen LogP contribution is 2.19. The first-order chi connectivity index (χ1) is 8.33. The van der Waals surface area contributed by atoms with Crippen LogP contribution in [0.15, 0.2) is 48.8 Å². The van der Waals surface area contributed by atoms with Gasteiger partial charge in [0.1, 0.15) is 5.82 Å². The molecule has 3 heterocycles. The topological polar surface area (TPSA) is 64.7 Å². The van der Waals surface area contributed by atoms with Gasteiger partial charge in [0.2, 0.25) is 0 Å². The average molecular weight is 222 g/mol. The monoisotopic (exact) mass is 222 g/mol. The van der Waals surface area contributed by atoms with E-state index in [9.17, 15) is 0 Å². The maximum Gasteiger partial charge on any atom is 0.162 e. The fourth-order valence-electron chi connectivity index (χ4n) is 1.70. The van der Waals surface area contributed by atoms with Gasteiger partial charge in [-0.2, -0.15) is 0 Å². The van der Waals surface area contributed by atoms with Gasteiger partial charge in [-0.1, -0.05) is 0 Å². The van der Waals surface area contributed by atoms with E-state index in [1.807, 2.05) is 30.3 Å². The zero-order valence-corrected chi connectivity index (χ0v) is 9.04. The van der Waals surface area contributed by atoms with E-state index < -0.39 is 0 Å². The van der Waals surface area contributed by atoms with E-state index in [-0.39, 0.29) is 0 Å². The third kappa shape index (κ3) is 1.80. The Labute approximate surface area is 98.2 Å². The molecule has 3 aromatic rings. The van der Waals surface area contributed by atoms with Gasteiger partial charge in [-0.3, -0.25) is 4.98 Å². The fourth-order valence-corrected chi connectivity index (χ4v) is 1.70. The summed E-state index contributed by atoms with van der Waals surface area (Å²) in [6.45, 7) is 0. The molecule has 0 amide bonds. The van der Waals surface area contributed by atoms with Crippen molar-refractivity contribution < 1.29 is 0 Å². The number of rotatable bonds is 1. The molecular formula is C13H10N4. The van der Waals surface area contributed by atoms with E-state index in [1.165, 1.54) is 0 Å². The standard InChI is InChI=1S/C13H10N4/c14-12-4-2-10-1-3-11(16-13(10)17-12)9-5-7-15-8-6-9/h1-8H,(H2,14,16,17). The van der Waals surface area contributed by atoms with Gasteiger partial charge < -0.3 is 5.73 Å². The lowest BCUT2D eigenvalue weighted by atomic mass is 10.1. The Morgan fingerprint density at radius 1 is 0.824 bits per heavy atom.